The summed E-state index contributed by atoms with van der Waals surface area (Å²) in [5.74, 6) is 1.01. The van der Waals surface area contributed by atoms with Crippen molar-refractivity contribution in [3.8, 4) is 0 Å². The van der Waals surface area contributed by atoms with Crippen molar-refractivity contribution in [1.82, 2.24) is 15.2 Å². The highest BCUT2D eigenvalue weighted by atomic mass is 79.9. The third-order valence-electron chi connectivity index (χ3n) is 2.76. The maximum Gasteiger partial charge on any atom is 0.249 e. The van der Waals surface area contributed by atoms with E-state index in [9.17, 15) is 0 Å². The van der Waals surface area contributed by atoms with Crippen molar-refractivity contribution in [1.29, 1.82) is 0 Å². The monoisotopic (exact) mass is 375 g/mol. The molecular formula is C15H11BrClN5. The number of benzene rings is 2. The van der Waals surface area contributed by atoms with E-state index in [1.807, 2.05) is 36.4 Å². The van der Waals surface area contributed by atoms with Crippen LogP contribution in [0.4, 0.5) is 23.1 Å². The standard InChI is InChI=1S/C15H11BrClN5/c16-10-2-1-3-13(8-10)20-15-21-14(9-18-22-15)19-12-6-4-11(17)5-7-12/h1-9H,(H2,19,20,21,22). The highest BCUT2D eigenvalue weighted by Crippen LogP contribution is 2.20. The van der Waals surface area contributed by atoms with Gasteiger partial charge in [0, 0.05) is 20.9 Å². The van der Waals surface area contributed by atoms with Crippen LogP contribution in [0.2, 0.25) is 5.02 Å². The van der Waals surface area contributed by atoms with E-state index in [0.717, 1.165) is 15.8 Å². The Morgan fingerprint density at radius 2 is 1.77 bits per heavy atom. The average Bonchev–Trinajstić information content (AvgIpc) is 2.50. The van der Waals surface area contributed by atoms with Gasteiger partial charge in [-0.1, -0.05) is 33.6 Å². The lowest BCUT2D eigenvalue weighted by Gasteiger charge is -2.08. The molecule has 2 aromatic carbocycles. The van der Waals surface area contributed by atoms with Crippen LogP contribution in [-0.4, -0.2) is 15.2 Å². The number of hydrogen-bond acceptors (Lipinski definition) is 5. The summed E-state index contributed by atoms with van der Waals surface area (Å²) in [6.07, 6.45) is 1.56. The summed E-state index contributed by atoms with van der Waals surface area (Å²) in [5.41, 5.74) is 1.75. The second-order valence-electron chi connectivity index (χ2n) is 4.43. The number of rotatable bonds is 4. The maximum absolute atomic E-state index is 5.86. The van der Waals surface area contributed by atoms with Crippen LogP contribution in [0.5, 0.6) is 0 Å². The minimum absolute atomic E-state index is 0.414. The van der Waals surface area contributed by atoms with Crippen LogP contribution in [0.15, 0.2) is 59.2 Å². The van der Waals surface area contributed by atoms with E-state index in [1.54, 1.807) is 18.3 Å². The Hall–Kier alpha value is -2.18. The van der Waals surface area contributed by atoms with Gasteiger partial charge in [-0.2, -0.15) is 10.1 Å². The zero-order chi connectivity index (χ0) is 15.4. The normalized spacial score (nSPS) is 10.3. The number of hydrogen-bond donors (Lipinski definition) is 2. The van der Waals surface area contributed by atoms with Gasteiger partial charge in [-0.25, -0.2) is 0 Å². The van der Waals surface area contributed by atoms with Gasteiger partial charge in [-0.15, -0.1) is 5.10 Å². The molecule has 0 aliphatic heterocycles. The minimum atomic E-state index is 0.414. The predicted octanol–water partition coefficient (Wildman–Crippen LogP) is 4.77. The molecule has 0 amide bonds. The van der Waals surface area contributed by atoms with E-state index in [4.69, 9.17) is 11.6 Å². The molecule has 0 aliphatic rings. The van der Waals surface area contributed by atoms with Gasteiger partial charge in [0.05, 0.1) is 6.20 Å². The fourth-order valence-corrected chi connectivity index (χ4v) is 2.32. The molecule has 0 aliphatic carbocycles. The third kappa shape index (κ3) is 3.93. The summed E-state index contributed by atoms with van der Waals surface area (Å²) in [5, 5.41) is 14.8. The Balaban J connectivity index is 1.76. The highest BCUT2D eigenvalue weighted by molar-refractivity contribution is 9.10. The first-order chi connectivity index (χ1) is 10.7. The first kappa shape index (κ1) is 14.7. The molecule has 0 fully saturated rings. The zero-order valence-electron chi connectivity index (χ0n) is 11.3. The first-order valence-electron chi connectivity index (χ1n) is 6.44. The van der Waals surface area contributed by atoms with Crippen LogP contribution in [0.1, 0.15) is 0 Å². The molecule has 1 aromatic heterocycles. The van der Waals surface area contributed by atoms with Crippen LogP contribution < -0.4 is 10.6 Å². The molecule has 3 rings (SSSR count). The molecule has 0 saturated carbocycles. The maximum atomic E-state index is 5.86. The largest absolute Gasteiger partial charge is 0.339 e. The van der Waals surface area contributed by atoms with Crippen molar-refractivity contribution in [3.05, 3.63) is 64.2 Å². The third-order valence-corrected chi connectivity index (χ3v) is 3.50. The lowest BCUT2D eigenvalue weighted by Crippen LogP contribution is -2.02. The Labute approximate surface area is 140 Å². The molecule has 2 N–H and O–H groups in total. The molecule has 5 nitrogen and oxygen atoms in total. The summed E-state index contributed by atoms with van der Waals surface area (Å²) in [4.78, 5) is 4.37. The number of nitrogens with one attached hydrogen (secondary N) is 2. The highest BCUT2D eigenvalue weighted by Gasteiger charge is 2.02. The fourth-order valence-electron chi connectivity index (χ4n) is 1.79. The molecule has 3 aromatic rings. The van der Waals surface area contributed by atoms with Gasteiger partial charge in [-0.3, -0.25) is 0 Å². The van der Waals surface area contributed by atoms with E-state index in [1.165, 1.54) is 0 Å². The van der Waals surface area contributed by atoms with Crippen LogP contribution in [0.25, 0.3) is 0 Å². The number of anilines is 4. The van der Waals surface area contributed by atoms with Gasteiger partial charge < -0.3 is 10.6 Å². The summed E-state index contributed by atoms with van der Waals surface area (Å²) in [6, 6.07) is 15.1. The van der Waals surface area contributed by atoms with Crippen LogP contribution in [-0.2, 0) is 0 Å². The summed E-state index contributed by atoms with van der Waals surface area (Å²) in [7, 11) is 0. The smallest absolute Gasteiger partial charge is 0.249 e. The number of aromatic nitrogens is 3. The van der Waals surface area contributed by atoms with Gasteiger partial charge in [0.25, 0.3) is 0 Å². The van der Waals surface area contributed by atoms with Crippen LogP contribution in [0.3, 0.4) is 0 Å². The van der Waals surface area contributed by atoms with E-state index in [2.05, 4.69) is 41.7 Å². The van der Waals surface area contributed by atoms with E-state index in [-0.39, 0.29) is 0 Å². The quantitative estimate of drug-likeness (QED) is 0.686. The van der Waals surface area contributed by atoms with E-state index < -0.39 is 0 Å². The predicted molar refractivity (Wildman–Crippen MR) is 92.0 cm³/mol. The molecule has 22 heavy (non-hydrogen) atoms. The van der Waals surface area contributed by atoms with Gasteiger partial charge in [0.2, 0.25) is 5.95 Å². The van der Waals surface area contributed by atoms with Crippen molar-refractivity contribution in [2.75, 3.05) is 10.6 Å². The molecule has 1 heterocycles. The zero-order valence-corrected chi connectivity index (χ0v) is 13.6. The Morgan fingerprint density at radius 1 is 0.955 bits per heavy atom. The average molecular weight is 377 g/mol. The Kier molecular flexibility index (Phi) is 4.50. The van der Waals surface area contributed by atoms with Crippen molar-refractivity contribution >= 4 is 50.7 Å². The molecule has 0 bridgehead atoms. The van der Waals surface area contributed by atoms with Crippen molar-refractivity contribution in [2.24, 2.45) is 0 Å². The molecule has 0 atom stereocenters. The molecular weight excluding hydrogens is 366 g/mol. The van der Waals surface area contributed by atoms with E-state index in [0.29, 0.717) is 16.8 Å². The SMILES string of the molecule is Clc1ccc(Nc2cnnc(Nc3cccc(Br)c3)n2)cc1. The van der Waals surface area contributed by atoms with Crippen LogP contribution >= 0.6 is 27.5 Å². The number of nitrogens with zero attached hydrogens (tertiary/aromatic N) is 3. The first-order valence-corrected chi connectivity index (χ1v) is 7.61. The van der Waals surface area contributed by atoms with E-state index >= 15 is 0 Å². The second kappa shape index (κ2) is 6.72. The minimum Gasteiger partial charge on any atom is -0.339 e. The van der Waals surface area contributed by atoms with Crippen molar-refractivity contribution < 1.29 is 0 Å². The lowest BCUT2D eigenvalue weighted by atomic mass is 10.3. The molecule has 0 unspecified atom stereocenters. The second-order valence-corrected chi connectivity index (χ2v) is 5.78. The van der Waals surface area contributed by atoms with Gasteiger partial charge >= 0.3 is 0 Å². The van der Waals surface area contributed by atoms with Crippen LogP contribution in [0, 0.1) is 0 Å². The molecule has 0 spiro atoms. The molecule has 110 valence electrons. The molecule has 0 radical (unpaired) electrons. The summed E-state index contributed by atoms with van der Waals surface area (Å²) < 4.78 is 0.973. The Bertz CT molecular complexity index is 779. The van der Waals surface area contributed by atoms with Gasteiger partial charge in [0.15, 0.2) is 5.82 Å². The van der Waals surface area contributed by atoms with Gasteiger partial charge in [-0.05, 0) is 42.5 Å². The van der Waals surface area contributed by atoms with Crippen molar-refractivity contribution in [2.45, 2.75) is 0 Å². The lowest BCUT2D eigenvalue weighted by molar-refractivity contribution is 0.982. The summed E-state index contributed by atoms with van der Waals surface area (Å²) in [6.45, 7) is 0. The summed E-state index contributed by atoms with van der Waals surface area (Å²) >= 11 is 9.28. The topological polar surface area (TPSA) is 62.7 Å². The van der Waals surface area contributed by atoms with Crippen molar-refractivity contribution in [3.63, 3.8) is 0 Å². The fraction of sp³-hybridized carbons (Fsp3) is 0. The molecule has 0 saturated heterocycles. The van der Waals surface area contributed by atoms with Gasteiger partial charge in [0.1, 0.15) is 0 Å². The molecule has 7 heteroatoms. The Morgan fingerprint density at radius 3 is 2.55 bits per heavy atom. The number of halogens is 2.